The van der Waals surface area contributed by atoms with Crippen molar-refractivity contribution in [2.24, 2.45) is 0 Å². The maximum absolute atomic E-state index is 10.7. The van der Waals surface area contributed by atoms with Gasteiger partial charge in [-0.2, -0.15) is 0 Å². The van der Waals surface area contributed by atoms with Crippen LogP contribution in [0.15, 0.2) is 12.3 Å². The molecule has 1 heterocycles. The van der Waals surface area contributed by atoms with E-state index in [0.717, 1.165) is 0 Å². The molecule has 0 bridgehead atoms. The van der Waals surface area contributed by atoms with Crippen molar-refractivity contribution < 1.29 is 14.3 Å². The van der Waals surface area contributed by atoms with Crippen LogP contribution in [0.1, 0.15) is 0 Å². The van der Waals surface area contributed by atoms with Gasteiger partial charge in [-0.25, -0.2) is 0 Å². The Hall–Kier alpha value is -0.830. The van der Waals surface area contributed by atoms with E-state index in [9.17, 15) is 4.79 Å². The lowest BCUT2D eigenvalue weighted by Gasteiger charge is -2.14. The minimum atomic E-state index is -0.394. The van der Waals surface area contributed by atoms with E-state index < -0.39 is 6.10 Å². The normalized spacial score (nSPS) is 25.9. The van der Waals surface area contributed by atoms with Crippen LogP contribution in [0.2, 0.25) is 0 Å². The molecule has 0 fully saturated rings. The summed E-state index contributed by atoms with van der Waals surface area (Å²) in [6, 6.07) is 0. The summed E-state index contributed by atoms with van der Waals surface area (Å²) in [5, 5.41) is 0. The average molecular weight is 128 g/mol. The summed E-state index contributed by atoms with van der Waals surface area (Å²) in [4.78, 5) is 10.7. The number of rotatable bonds is 1. The Labute approximate surface area is 53.3 Å². The molecule has 0 aromatic heterocycles. The number of hydrogen-bond donors (Lipinski definition) is 0. The molecule has 1 rings (SSSR count). The van der Waals surface area contributed by atoms with Gasteiger partial charge >= 0.3 is 0 Å². The molecule has 0 radical (unpaired) electrons. The summed E-state index contributed by atoms with van der Waals surface area (Å²) >= 11 is 0. The molecule has 1 aliphatic heterocycles. The van der Waals surface area contributed by atoms with Crippen LogP contribution < -0.4 is 0 Å². The van der Waals surface area contributed by atoms with Crippen molar-refractivity contribution in [1.82, 2.24) is 0 Å². The Morgan fingerprint density at radius 3 is 3.11 bits per heavy atom. The first-order valence-corrected chi connectivity index (χ1v) is 2.69. The van der Waals surface area contributed by atoms with Crippen molar-refractivity contribution in [2.45, 2.75) is 6.10 Å². The number of methoxy groups -OCH3 is 1. The molecule has 1 unspecified atom stereocenters. The van der Waals surface area contributed by atoms with E-state index in [1.807, 2.05) is 0 Å². The quantitative estimate of drug-likeness (QED) is 0.503. The zero-order chi connectivity index (χ0) is 6.69. The summed E-state index contributed by atoms with van der Waals surface area (Å²) in [5.74, 6) is -0.0243. The van der Waals surface area contributed by atoms with E-state index in [4.69, 9.17) is 9.47 Å². The first-order valence-electron chi connectivity index (χ1n) is 2.69. The number of hydrogen-bond acceptors (Lipinski definition) is 3. The summed E-state index contributed by atoms with van der Waals surface area (Å²) in [5.41, 5.74) is 0. The highest BCUT2D eigenvalue weighted by atomic mass is 16.5. The van der Waals surface area contributed by atoms with Crippen molar-refractivity contribution >= 4 is 5.78 Å². The SMILES string of the molecule is COC1COC=CC1=O. The molecule has 0 saturated carbocycles. The van der Waals surface area contributed by atoms with Gasteiger partial charge in [-0.15, -0.1) is 0 Å². The van der Waals surface area contributed by atoms with E-state index in [1.54, 1.807) is 0 Å². The molecule has 0 amide bonds. The van der Waals surface area contributed by atoms with E-state index in [-0.39, 0.29) is 5.78 Å². The second kappa shape index (κ2) is 2.64. The van der Waals surface area contributed by atoms with Gasteiger partial charge in [0, 0.05) is 13.2 Å². The van der Waals surface area contributed by atoms with Gasteiger partial charge < -0.3 is 9.47 Å². The topological polar surface area (TPSA) is 35.5 Å². The lowest BCUT2D eigenvalue weighted by atomic mass is 10.2. The first kappa shape index (κ1) is 6.29. The molecule has 1 atom stereocenters. The van der Waals surface area contributed by atoms with E-state index in [2.05, 4.69) is 0 Å². The summed E-state index contributed by atoms with van der Waals surface area (Å²) in [6.07, 6.45) is 2.37. The maximum atomic E-state index is 10.7. The second-order valence-corrected chi connectivity index (χ2v) is 1.76. The maximum Gasteiger partial charge on any atom is 0.190 e. The minimum Gasteiger partial charge on any atom is -0.498 e. The molecular weight excluding hydrogens is 120 g/mol. The van der Waals surface area contributed by atoms with Crippen molar-refractivity contribution in [3.05, 3.63) is 12.3 Å². The van der Waals surface area contributed by atoms with Crippen LogP contribution in [-0.2, 0) is 14.3 Å². The van der Waals surface area contributed by atoms with Crippen molar-refractivity contribution in [2.75, 3.05) is 13.7 Å². The third-order valence-corrected chi connectivity index (χ3v) is 1.18. The van der Waals surface area contributed by atoms with E-state index in [0.29, 0.717) is 6.61 Å². The van der Waals surface area contributed by atoms with Crippen LogP contribution in [0.5, 0.6) is 0 Å². The lowest BCUT2D eigenvalue weighted by Crippen LogP contribution is -2.28. The minimum absolute atomic E-state index is 0.0243. The lowest BCUT2D eigenvalue weighted by molar-refractivity contribution is -0.127. The summed E-state index contributed by atoms with van der Waals surface area (Å²) in [7, 11) is 1.49. The third-order valence-electron chi connectivity index (χ3n) is 1.18. The van der Waals surface area contributed by atoms with Gasteiger partial charge in [-0.1, -0.05) is 0 Å². The fourth-order valence-electron chi connectivity index (χ4n) is 0.632. The van der Waals surface area contributed by atoms with E-state index in [1.165, 1.54) is 19.4 Å². The van der Waals surface area contributed by atoms with Crippen molar-refractivity contribution in [3.8, 4) is 0 Å². The van der Waals surface area contributed by atoms with Gasteiger partial charge in [0.25, 0.3) is 0 Å². The number of ketones is 1. The van der Waals surface area contributed by atoms with Crippen LogP contribution in [0.25, 0.3) is 0 Å². The molecule has 0 saturated heterocycles. The fraction of sp³-hybridized carbons (Fsp3) is 0.500. The first-order chi connectivity index (χ1) is 4.34. The predicted octanol–water partition coefficient (Wildman–Crippen LogP) is 0.114. The smallest absolute Gasteiger partial charge is 0.190 e. The predicted molar refractivity (Wildman–Crippen MR) is 30.9 cm³/mol. The molecule has 1 aliphatic rings. The van der Waals surface area contributed by atoms with Crippen molar-refractivity contribution in [1.29, 1.82) is 0 Å². The highest BCUT2D eigenvalue weighted by molar-refractivity contribution is 5.93. The van der Waals surface area contributed by atoms with Crippen LogP contribution >= 0.6 is 0 Å². The van der Waals surface area contributed by atoms with Gasteiger partial charge in [0.15, 0.2) is 11.9 Å². The monoisotopic (exact) mass is 128 g/mol. The molecule has 0 aliphatic carbocycles. The number of carbonyl (C=O) groups excluding carboxylic acids is 1. The number of carbonyl (C=O) groups is 1. The highest BCUT2D eigenvalue weighted by Gasteiger charge is 2.17. The van der Waals surface area contributed by atoms with Crippen LogP contribution in [0, 0.1) is 0 Å². The summed E-state index contributed by atoms with van der Waals surface area (Å²) < 4.78 is 9.59. The Morgan fingerprint density at radius 2 is 2.67 bits per heavy atom. The molecule has 0 N–H and O–H groups in total. The number of ether oxygens (including phenoxy) is 2. The Kier molecular flexibility index (Phi) is 1.85. The van der Waals surface area contributed by atoms with Gasteiger partial charge in [0.1, 0.15) is 6.61 Å². The molecule has 3 heteroatoms. The van der Waals surface area contributed by atoms with Crippen LogP contribution in [-0.4, -0.2) is 25.6 Å². The molecule has 50 valence electrons. The van der Waals surface area contributed by atoms with Crippen molar-refractivity contribution in [3.63, 3.8) is 0 Å². The van der Waals surface area contributed by atoms with Gasteiger partial charge in [-0.3, -0.25) is 4.79 Å². The van der Waals surface area contributed by atoms with Crippen LogP contribution in [0.3, 0.4) is 0 Å². The molecule has 0 aromatic carbocycles. The second-order valence-electron chi connectivity index (χ2n) is 1.76. The third kappa shape index (κ3) is 1.29. The molecule has 3 nitrogen and oxygen atoms in total. The Balaban J connectivity index is 2.55. The molecule has 0 aromatic rings. The van der Waals surface area contributed by atoms with Gasteiger partial charge in [0.05, 0.1) is 6.26 Å². The average Bonchev–Trinajstić information content (AvgIpc) is 1.89. The van der Waals surface area contributed by atoms with Gasteiger partial charge in [-0.05, 0) is 0 Å². The Bertz CT molecular complexity index is 139. The largest absolute Gasteiger partial charge is 0.498 e. The zero-order valence-electron chi connectivity index (χ0n) is 5.16. The van der Waals surface area contributed by atoms with Crippen LogP contribution in [0.4, 0.5) is 0 Å². The highest BCUT2D eigenvalue weighted by Crippen LogP contribution is 2.00. The fourth-order valence-corrected chi connectivity index (χ4v) is 0.632. The van der Waals surface area contributed by atoms with Gasteiger partial charge in [0.2, 0.25) is 0 Å². The van der Waals surface area contributed by atoms with E-state index >= 15 is 0 Å². The standard InChI is InChI=1S/C6H8O3/c1-8-6-4-9-3-2-5(6)7/h2-3,6H,4H2,1H3. The summed E-state index contributed by atoms with van der Waals surface area (Å²) in [6.45, 7) is 0.339. The molecule has 9 heavy (non-hydrogen) atoms. The molecule has 0 spiro atoms. The molecular formula is C6H8O3. The Morgan fingerprint density at radius 1 is 1.89 bits per heavy atom. The zero-order valence-corrected chi connectivity index (χ0v) is 5.16.